The summed E-state index contributed by atoms with van der Waals surface area (Å²) in [5.74, 6) is -1.84. The highest BCUT2D eigenvalue weighted by Gasteiger charge is 2.20. The molecule has 1 heterocycles. The van der Waals surface area contributed by atoms with Gasteiger partial charge in [-0.05, 0) is 79.9 Å². The molecule has 5 N–H and O–H groups in total. The van der Waals surface area contributed by atoms with Crippen molar-refractivity contribution in [2.75, 3.05) is 62.9 Å². The highest BCUT2D eigenvalue weighted by molar-refractivity contribution is 6.12. The summed E-state index contributed by atoms with van der Waals surface area (Å²) in [7, 11) is 3.78. The van der Waals surface area contributed by atoms with Crippen LogP contribution in [0.3, 0.4) is 0 Å². The normalized spacial score (nSPS) is 15.1. The number of methoxy groups -OCH3 is 1. The Labute approximate surface area is 246 Å². The van der Waals surface area contributed by atoms with E-state index >= 15 is 0 Å². The van der Waals surface area contributed by atoms with Crippen LogP contribution in [0.4, 0.5) is 25.8 Å². The predicted molar refractivity (Wildman–Crippen MR) is 165 cm³/mol. The van der Waals surface area contributed by atoms with Crippen LogP contribution in [-0.2, 0) is 11.2 Å². The molecule has 1 atom stereocenters. The number of amidine groups is 1. The number of aliphatic imine (C=N–C) groups is 1. The summed E-state index contributed by atoms with van der Waals surface area (Å²) >= 11 is 0. The molecule has 0 radical (unpaired) electrons. The summed E-state index contributed by atoms with van der Waals surface area (Å²) in [6.45, 7) is 6.40. The molecule has 1 saturated heterocycles. The maximum Gasteiger partial charge on any atom is 0.281 e. The highest BCUT2D eigenvalue weighted by atomic mass is 19.1. The second-order valence-corrected chi connectivity index (χ2v) is 10.7. The number of anilines is 3. The Morgan fingerprint density at radius 3 is 2.38 bits per heavy atom. The number of carbonyl (C=O) groups is 1. The molecule has 1 unspecified atom stereocenters. The van der Waals surface area contributed by atoms with Gasteiger partial charge in [-0.3, -0.25) is 4.79 Å². The Balaban J connectivity index is 1.62. The first-order valence-electron chi connectivity index (χ1n) is 14.2. The molecular formula is C32H40F2N6O2. The van der Waals surface area contributed by atoms with Gasteiger partial charge >= 0.3 is 0 Å². The van der Waals surface area contributed by atoms with Gasteiger partial charge in [-0.1, -0.05) is 13.0 Å². The minimum absolute atomic E-state index is 0.0368. The number of carbonyl (C=O) groups excluding carboxylic acids is 1. The number of nitrogens with two attached hydrogens (primary N) is 2. The van der Waals surface area contributed by atoms with Gasteiger partial charge in [0.15, 0.2) is 0 Å². The van der Waals surface area contributed by atoms with Gasteiger partial charge in [0.05, 0.1) is 5.56 Å². The molecular weight excluding hydrogens is 538 g/mol. The number of benzene rings is 3. The third-order valence-electron chi connectivity index (χ3n) is 7.57. The molecule has 4 rings (SSSR count). The monoisotopic (exact) mass is 578 g/mol. The second-order valence-electron chi connectivity index (χ2n) is 10.7. The Kier molecular flexibility index (Phi) is 10.5. The van der Waals surface area contributed by atoms with Crippen molar-refractivity contribution in [1.29, 1.82) is 0 Å². The van der Waals surface area contributed by atoms with Crippen molar-refractivity contribution < 1.29 is 18.3 Å². The van der Waals surface area contributed by atoms with E-state index in [4.69, 9.17) is 16.2 Å². The lowest BCUT2D eigenvalue weighted by Crippen LogP contribution is -2.44. The van der Waals surface area contributed by atoms with Crippen molar-refractivity contribution in [3.63, 3.8) is 0 Å². The van der Waals surface area contributed by atoms with Crippen molar-refractivity contribution in [2.45, 2.75) is 32.2 Å². The van der Waals surface area contributed by atoms with Crippen LogP contribution in [0.25, 0.3) is 0 Å². The zero-order valence-electron chi connectivity index (χ0n) is 24.5. The van der Waals surface area contributed by atoms with Crippen molar-refractivity contribution >= 4 is 28.8 Å². The number of ether oxygens (including phenoxy) is 1. The summed E-state index contributed by atoms with van der Waals surface area (Å²) in [6, 6.07) is 14.3. The smallest absolute Gasteiger partial charge is 0.281 e. The van der Waals surface area contributed by atoms with Gasteiger partial charge in [0.2, 0.25) is 0 Å². The quantitative estimate of drug-likeness (QED) is 0.173. The first-order valence-corrected chi connectivity index (χ1v) is 14.2. The number of piperazine rings is 1. The van der Waals surface area contributed by atoms with Crippen molar-refractivity contribution in [3.8, 4) is 0 Å². The summed E-state index contributed by atoms with van der Waals surface area (Å²) < 4.78 is 32.7. The van der Waals surface area contributed by atoms with E-state index in [2.05, 4.69) is 34.1 Å². The van der Waals surface area contributed by atoms with E-state index in [1.165, 1.54) is 12.1 Å². The number of likely N-dealkylation sites (N-methyl/N-ethyl adjacent to an activating group) is 1. The lowest BCUT2D eigenvalue weighted by molar-refractivity contribution is 0.100. The molecule has 1 aliphatic rings. The largest absolute Gasteiger partial charge is 0.398 e. The molecule has 10 heteroatoms. The first-order chi connectivity index (χ1) is 20.2. The van der Waals surface area contributed by atoms with Crippen molar-refractivity contribution in [1.82, 2.24) is 4.90 Å². The summed E-state index contributed by atoms with van der Waals surface area (Å²) in [5.41, 5.74) is 16.5. The van der Waals surface area contributed by atoms with Crippen LogP contribution in [-0.4, -0.2) is 69.6 Å². The number of nitrogens with zero attached hydrogens (tertiary/aromatic N) is 3. The number of nitrogens with one attached hydrogen (secondary N) is 1. The molecule has 224 valence electrons. The van der Waals surface area contributed by atoms with Gasteiger partial charge in [-0.25, -0.2) is 8.78 Å². The van der Waals surface area contributed by atoms with Crippen LogP contribution in [0.15, 0.2) is 59.6 Å². The van der Waals surface area contributed by atoms with Gasteiger partial charge in [-0.2, -0.15) is 4.99 Å². The molecule has 3 aromatic carbocycles. The van der Waals surface area contributed by atoms with E-state index in [1.807, 2.05) is 12.1 Å². The van der Waals surface area contributed by atoms with E-state index < -0.39 is 17.5 Å². The molecule has 1 aliphatic heterocycles. The zero-order valence-corrected chi connectivity index (χ0v) is 24.5. The molecule has 3 aromatic rings. The SMILES string of the molecule is CCC(CCOC)Nc1cc(N2CCN(C)CC2)ccc1C(=O)N=C(N)c1cc(Cc2cc(F)cc(F)c2)ccc1N. The number of halogens is 2. The predicted octanol–water partition coefficient (Wildman–Crippen LogP) is 4.66. The molecule has 0 saturated carbocycles. The molecule has 0 bridgehead atoms. The fraction of sp³-hybridized carbons (Fsp3) is 0.375. The van der Waals surface area contributed by atoms with Crippen LogP contribution < -0.4 is 21.7 Å². The molecule has 1 amide bonds. The topological polar surface area (TPSA) is 109 Å². The van der Waals surface area contributed by atoms with Crippen LogP contribution in [0, 0.1) is 11.6 Å². The number of nitrogen functional groups attached to an aromatic ring is 1. The standard InChI is InChI=1S/C32H40F2N6O2/c1-4-25(9-14-42-3)37-30-20-26(40-12-10-39(2)11-13-40)6-7-27(30)32(41)38-31(36)28-18-21(5-8-29(28)35)15-22-16-23(33)19-24(34)17-22/h5-8,16-20,25,37H,4,9-15,35H2,1-3H3,(H2,36,38,41). The Morgan fingerprint density at radius 2 is 1.71 bits per heavy atom. The van der Waals surface area contributed by atoms with Crippen LogP contribution >= 0.6 is 0 Å². The van der Waals surface area contributed by atoms with Crippen LogP contribution in [0.1, 0.15) is 46.8 Å². The van der Waals surface area contributed by atoms with E-state index in [0.29, 0.717) is 34.7 Å². The Morgan fingerprint density at radius 1 is 1.00 bits per heavy atom. The summed E-state index contributed by atoms with van der Waals surface area (Å²) in [5, 5.41) is 3.54. The van der Waals surface area contributed by atoms with Crippen LogP contribution in [0.2, 0.25) is 0 Å². The second kappa shape index (κ2) is 14.2. The Hall–Kier alpha value is -4.02. The lowest BCUT2D eigenvalue weighted by atomic mass is 10.0. The fourth-order valence-electron chi connectivity index (χ4n) is 5.07. The molecule has 1 fully saturated rings. The fourth-order valence-corrected chi connectivity index (χ4v) is 5.07. The minimum Gasteiger partial charge on any atom is -0.398 e. The number of rotatable bonds is 11. The lowest BCUT2D eigenvalue weighted by Gasteiger charge is -2.34. The van der Waals surface area contributed by atoms with E-state index in [9.17, 15) is 13.6 Å². The molecule has 42 heavy (non-hydrogen) atoms. The third kappa shape index (κ3) is 8.04. The Bertz CT molecular complexity index is 1400. The molecule has 0 aliphatic carbocycles. The molecule has 8 nitrogen and oxygen atoms in total. The zero-order chi connectivity index (χ0) is 30.2. The summed E-state index contributed by atoms with van der Waals surface area (Å²) in [6.07, 6.45) is 1.88. The molecule has 0 spiro atoms. The van der Waals surface area contributed by atoms with Crippen LogP contribution in [0.5, 0.6) is 0 Å². The minimum atomic E-state index is -0.650. The third-order valence-corrected chi connectivity index (χ3v) is 7.57. The average Bonchev–Trinajstić information content (AvgIpc) is 2.96. The van der Waals surface area contributed by atoms with E-state index in [0.717, 1.165) is 56.3 Å². The van der Waals surface area contributed by atoms with E-state index in [-0.39, 0.29) is 18.3 Å². The molecule has 0 aromatic heterocycles. The van der Waals surface area contributed by atoms with Crippen molar-refractivity contribution in [3.05, 3.63) is 88.5 Å². The van der Waals surface area contributed by atoms with Gasteiger partial charge in [0.1, 0.15) is 17.5 Å². The first kappa shape index (κ1) is 30.9. The maximum atomic E-state index is 13.7. The number of amides is 1. The van der Waals surface area contributed by atoms with E-state index in [1.54, 1.807) is 31.4 Å². The van der Waals surface area contributed by atoms with Gasteiger partial charge in [-0.15, -0.1) is 0 Å². The van der Waals surface area contributed by atoms with Gasteiger partial charge < -0.3 is 31.3 Å². The average molecular weight is 579 g/mol. The van der Waals surface area contributed by atoms with Crippen molar-refractivity contribution in [2.24, 2.45) is 10.7 Å². The number of hydrogen-bond donors (Lipinski definition) is 3. The van der Waals surface area contributed by atoms with Gasteiger partial charge in [0.25, 0.3) is 5.91 Å². The number of hydrogen-bond acceptors (Lipinski definition) is 6. The van der Waals surface area contributed by atoms with Gasteiger partial charge in [0, 0.05) is 74.6 Å². The maximum absolute atomic E-state index is 13.7. The highest BCUT2D eigenvalue weighted by Crippen LogP contribution is 2.28. The summed E-state index contributed by atoms with van der Waals surface area (Å²) in [4.78, 5) is 22.4.